The van der Waals surface area contributed by atoms with E-state index in [4.69, 9.17) is 14.5 Å². The molecule has 1 amide bonds. The van der Waals surface area contributed by atoms with Crippen molar-refractivity contribution in [1.29, 1.82) is 0 Å². The maximum absolute atomic E-state index is 14.7. The molecule has 0 bridgehead atoms. The summed E-state index contributed by atoms with van der Waals surface area (Å²) in [7, 11) is 1.45. The molecule has 7 nitrogen and oxygen atoms in total. The second-order valence-corrected chi connectivity index (χ2v) is 9.30. The molecule has 0 radical (unpaired) electrons. The van der Waals surface area contributed by atoms with E-state index < -0.39 is 5.82 Å². The smallest absolute Gasteiger partial charge is 0.225 e. The van der Waals surface area contributed by atoms with E-state index in [-0.39, 0.29) is 23.7 Å². The fourth-order valence-corrected chi connectivity index (χ4v) is 5.19. The monoisotopic (exact) mass is 462 g/mol. The average Bonchev–Trinajstić information content (AvgIpc) is 3.26. The van der Waals surface area contributed by atoms with Gasteiger partial charge in [0.1, 0.15) is 11.9 Å². The molecular weight excluding hydrogens is 435 g/mol. The minimum atomic E-state index is -0.424. The van der Waals surface area contributed by atoms with E-state index in [0.29, 0.717) is 24.5 Å². The Labute approximate surface area is 197 Å². The quantitative estimate of drug-likeness (QED) is 0.607. The number of benzene rings is 2. The summed E-state index contributed by atoms with van der Waals surface area (Å²) < 4.78 is 25.9. The molecule has 3 aromatic rings. The van der Waals surface area contributed by atoms with Gasteiger partial charge in [0.25, 0.3) is 0 Å². The highest BCUT2D eigenvalue weighted by molar-refractivity contribution is 5.96. The molecule has 34 heavy (non-hydrogen) atoms. The molecule has 0 aliphatic carbocycles. The van der Waals surface area contributed by atoms with Crippen molar-refractivity contribution >= 4 is 22.5 Å². The van der Waals surface area contributed by atoms with Crippen molar-refractivity contribution in [2.75, 3.05) is 44.7 Å². The van der Waals surface area contributed by atoms with Crippen LogP contribution >= 0.6 is 0 Å². The number of fused-ring (bicyclic) bond motifs is 2. The normalized spacial score (nSPS) is 22.3. The minimum Gasteiger partial charge on any atom is -0.494 e. The first-order valence-electron chi connectivity index (χ1n) is 11.8. The Morgan fingerprint density at radius 1 is 1.12 bits per heavy atom. The number of amides is 1. The topological polar surface area (TPSA) is 75.7 Å². The van der Waals surface area contributed by atoms with Crippen LogP contribution in [0, 0.1) is 17.7 Å². The van der Waals surface area contributed by atoms with Gasteiger partial charge in [0.15, 0.2) is 11.6 Å². The summed E-state index contributed by atoms with van der Waals surface area (Å²) in [5.41, 5.74) is 3.28. The van der Waals surface area contributed by atoms with E-state index >= 15 is 0 Å². The lowest BCUT2D eigenvalue weighted by atomic mass is 9.89. The van der Waals surface area contributed by atoms with Crippen molar-refractivity contribution in [1.82, 2.24) is 15.6 Å². The van der Waals surface area contributed by atoms with Gasteiger partial charge in [-0.15, -0.1) is 0 Å². The van der Waals surface area contributed by atoms with Crippen LogP contribution in [0.4, 0.5) is 10.1 Å². The highest BCUT2D eigenvalue weighted by Crippen LogP contribution is 2.39. The lowest BCUT2D eigenvalue weighted by molar-refractivity contribution is -0.127. The predicted molar refractivity (Wildman–Crippen MR) is 128 cm³/mol. The van der Waals surface area contributed by atoms with Gasteiger partial charge in [0.05, 0.1) is 24.2 Å². The number of rotatable bonds is 5. The first-order chi connectivity index (χ1) is 16.6. The van der Waals surface area contributed by atoms with Crippen molar-refractivity contribution < 1.29 is 18.7 Å². The van der Waals surface area contributed by atoms with Crippen LogP contribution in [-0.4, -0.2) is 56.8 Å². The molecular formula is C26H27FN4O3. The number of pyridine rings is 1. The summed E-state index contributed by atoms with van der Waals surface area (Å²) in [6.07, 6.45) is 1.18. The number of methoxy groups -OCH3 is 1. The lowest BCUT2D eigenvalue weighted by Gasteiger charge is -2.27. The fourth-order valence-electron chi connectivity index (χ4n) is 5.19. The third-order valence-corrected chi connectivity index (χ3v) is 7.19. The van der Waals surface area contributed by atoms with E-state index in [1.165, 1.54) is 13.2 Å². The number of piperidine rings is 1. The summed E-state index contributed by atoms with van der Waals surface area (Å²) in [6.45, 7) is 3.84. The van der Waals surface area contributed by atoms with E-state index in [9.17, 15) is 9.18 Å². The third kappa shape index (κ3) is 3.72. The van der Waals surface area contributed by atoms with Gasteiger partial charge in [-0.25, -0.2) is 9.37 Å². The molecule has 2 N–H and O–H groups in total. The number of hydrogen-bond acceptors (Lipinski definition) is 6. The first kappa shape index (κ1) is 21.2. The Kier molecular flexibility index (Phi) is 5.25. The number of anilines is 1. The maximum atomic E-state index is 14.7. The van der Waals surface area contributed by atoms with Crippen molar-refractivity contribution in [2.45, 2.75) is 12.5 Å². The highest BCUT2D eigenvalue weighted by Gasteiger charge is 2.40. The maximum Gasteiger partial charge on any atom is 0.225 e. The third-order valence-electron chi connectivity index (χ3n) is 7.19. The fraction of sp³-hybridized carbons (Fsp3) is 0.385. The van der Waals surface area contributed by atoms with E-state index in [1.807, 2.05) is 30.3 Å². The van der Waals surface area contributed by atoms with Crippen molar-refractivity contribution in [3.05, 3.63) is 48.3 Å². The Morgan fingerprint density at radius 3 is 2.65 bits per heavy atom. The molecule has 0 saturated carbocycles. The summed E-state index contributed by atoms with van der Waals surface area (Å²) in [4.78, 5) is 19.5. The number of halogens is 1. The lowest BCUT2D eigenvalue weighted by Crippen LogP contribution is -2.50. The van der Waals surface area contributed by atoms with Crippen LogP contribution in [-0.2, 0) is 4.79 Å². The van der Waals surface area contributed by atoms with E-state index in [1.54, 1.807) is 6.07 Å². The number of aromatic nitrogens is 1. The van der Waals surface area contributed by atoms with Gasteiger partial charge in [0.2, 0.25) is 5.91 Å². The summed E-state index contributed by atoms with van der Waals surface area (Å²) in [5, 5.41) is 6.90. The number of carbonyl (C=O) groups excluding carboxylic acids is 1. The van der Waals surface area contributed by atoms with Crippen LogP contribution in [0.15, 0.2) is 42.5 Å². The molecule has 0 spiro atoms. The number of hydrogen-bond donors (Lipinski definition) is 2. The number of nitrogens with one attached hydrogen (secondary N) is 2. The zero-order chi connectivity index (χ0) is 23.2. The van der Waals surface area contributed by atoms with Crippen LogP contribution in [0.2, 0.25) is 0 Å². The summed E-state index contributed by atoms with van der Waals surface area (Å²) in [6, 6.07) is 13.1. The number of nitrogens with zero attached hydrogens (tertiary/aromatic N) is 2. The molecule has 4 heterocycles. The van der Waals surface area contributed by atoms with Gasteiger partial charge in [-0.3, -0.25) is 4.79 Å². The van der Waals surface area contributed by atoms with Crippen LogP contribution in [0.3, 0.4) is 0 Å². The molecule has 1 aromatic heterocycles. The van der Waals surface area contributed by atoms with Crippen molar-refractivity contribution in [2.24, 2.45) is 11.8 Å². The number of carbonyl (C=O) groups is 1. The van der Waals surface area contributed by atoms with Gasteiger partial charge in [0, 0.05) is 55.4 Å². The molecule has 176 valence electrons. The van der Waals surface area contributed by atoms with Crippen molar-refractivity contribution in [3.63, 3.8) is 0 Å². The Balaban J connectivity index is 1.40. The van der Waals surface area contributed by atoms with E-state index in [2.05, 4.69) is 15.5 Å². The molecule has 2 aromatic carbocycles. The molecule has 3 aliphatic heterocycles. The Morgan fingerprint density at radius 2 is 1.94 bits per heavy atom. The zero-order valence-corrected chi connectivity index (χ0v) is 19.0. The van der Waals surface area contributed by atoms with Crippen molar-refractivity contribution in [3.8, 4) is 22.8 Å². The van der Waals surface area contributed by atoms with Crippen LogP contribution < -0.4 is 25.0 Å². The highest BCUT2D eigenvalue weighted by atomic mass is 19.1. The predicted octanol–water partition coefficient (Wildman–Crippen LogP) is 2.97. The Bertz CT molecular complexity index is 1250. The summed E-state index contributed by atoms with van der Waals surface area (Å²) in [5.74, 6) is 0.946. The first-order valence-corrected chi connectivity index (χ1v) is 11.8. The molecule has 3 aliphatic rings. The van der Waals surface area contributed by atoms with Gasteiger partial charge in [-0.1, -0.05) is 0 Å². The van der Waals surface area contributed by atoms with Gasteiger partial charge >= 0.3 is 0 Å². The molecule has 8 heteroatoms. The zero-order valence-electron chi connectivity index (χ0n) is 19.0. The molecule has 6 rings (SSSR count). The average molecular weight is 463 g/mol. The van der Waals surface area contributed by atoms with E-state index in [0.717, 1.165) is 54.1 Å². The summed E-state index contributed by atoms with van der Waals surface area (Å²) >= 11 is 0. The Hall–Kier alpha value is -3.39. The molecule has 3 saturated heterocycles. The minimum absolute atomic E-state index is 0.0408. The largest absolute Gasteiger partial charge is 0.494 e. The van der Waals surface area contributed by atoms with Crippen LogP contribution in [0.5, 0.6) is 11.5 Å². The second kappa shape index (κ2) is 8.43. The second-order valence-electron chi connectivity index (χ2n) is 9.30. The molecule has 2 atom stereocenters. The number of ether oxygens (including phenoxy) is 2. The van der Waals surface area contributed by atoms with Gasteiger partial charge in [-0.2, -0.15) is 0 Å². The van der Waals surface area contributed by atoms with Gasteiger partial charge in [-0.05, 0) is 48.7 Å². The van der Waals surface area contributed by atoms with Crippen LogP contribution in [0.25, 0.3) is 22.2 Å². The SMILES string of the molecule is COc1cc2nc(-c3ccc(OC4CNC4)cc3)cc(N3C[C@@H]4CCNC(=O)[C@@H]4C3)c2cc1F. The molecule has 3 fully saturated rings. The van der Waals surface area contributed by atoms with Crippen LogP contribution in [0.1, 0.15) is 6.42 Å². The standard InChI is InChI=1S/C26H27FN4O3/c1-33-25-10-23-19(8-21(25)27)24(31-13-16-6-7-29-26(32)20(16)14-31)9-22(30-23)15-2-4-17(5-3-15)34-18-11-28-12-18/h2-5,8-10,16,18,20,28H,6-7,11-14H2,1H3,(H,29,32)/t16-,20+/m0/s1. The van der Waals surface area contributed by atoms with Gasteiger partial charge < -0.3 is 25.0 Å². The molecule has 0 unspecified atom stereocenters.